The zero-order chi connectivity index (χ0) is 9.23. The molecule has 0 saturated carbocycles. The second-order valence-corrected chi connectivity index (χ2v) is 2.84. The molecule has 0 aromatic heterocycles. The number of hydrogen-bond donors (Lipinski definition) is 1. The van der Waals surface area contributed by atoms with Gasteiger partial charge >= 0.3 is 5.97 Å². The molecule has 0 aliphatic rings. The van der Waals surface area contributed by atoms with Crippen LogP contribution in [0.2, 0.25) is 0 Å². The first-order valence-corrected chi connectivity index (χ1v) is 4.70. The lowest BCUT2D eigenvalue weighted by Crippen LogP contribution is -2.09. The van der Waals surface area contributed by atoms with Crippen molar-refractivity contribution in [2.75, 3.05) is 26.1 Å². The van der Waals surface area contributed by atoms with Gasteiger partial charge in [0.1, 0.15) is 6.61 Å². The summed E-state index contributed by atoms with van der Waals surface area (Å²) in [6.07, 6.45) is 2.31. The molecule has 0 amide bonds. The third-order valence-corrected chi connectivity index (χ3v) is 1.66. The lowest BCUT2D eigenvalue weighted by Gasteiger charge is -2.02. The van der Waals surface area contributed by atoms with Crippen LogP contribution in [-0.4, -0.2) is 32.0 Å². The first-order chi connectivity index (χ1) is 5.81. The maximum absolute atomic E-state index is 10.9. The van der Waals surface area contributed by atoms with Gasteiger partial charge in [-0.15, -0.1) is 0 Å². The molecular weight excluding hydrogens is 176 g/mol. The van der Waals surface area contributed by atoms with Crippen molar-refractivity contribution in [2.24, 2.45) is 0 Å². The first kappa shape index (κ1) is 11.8. The molecular formula is C8H16O3S. The molecule has 0 N–H and O–H groups in total. The highest BCUT2D eigenvalue weighted by molar-refractivity contribution is 7.80. The number of esters is 1. The summed E-state index contributed by atoms with van der Waals surface area (Å²) >= 11 is 4.04. The summed E-state index contributed by atoms with van der Waals surface area (Å²) in [6.45, 7) is 0.828. The maximum Gasteiger partial charge on any atom is 0.305 e. The van der Waals surface area contributed by atoms with Crippen molar-refractivity contribution in [3.8, 4) is 0 Å². The zero-order valence-electron chi connectivity index (χ0n) is 7.41. The van der Waals surface area contributed by atoms with Crippen LogP contribution in [0.3, 0.4) is 0 Å². The second-order valence-electron chi connectivity index (χ2n) is 2.39. The molecule has 0 bridgehead atoms. The molecule has 0 heterocycles. The van der Waals surface area contributed by atoms with Crippen molar-refractivity contribution < 1.29 is 14.3 Å². The predicted molar refractivity (Wildman–Crippen MR) is 50.5 cm³/mol. The van der Waals surface area contributed by atoms with Crippen LogP contribution in [0.15, 0.2) is 0 Å². The summed E-state index contributed by atoms with van der Waals surface area (Å²) in [5, 5.41) is 0. The SMILES string of the molecule is COCCOC(=O)CCCCS. The summed E-state index contributed by atoms with van der Waals surface area (Å²) in [4.78, 5) is 10.9. The normalized spacial score (nSPS) is 9.83. The van der Waals surface area contributed by atoms with Gasteiger partial charge in [-0.2, -0.15) is 12.6 Å². The van der Waals surface area contributed by atoms with E-state index in [-0.39, 0.29) is 5.97 Å². The van der Waals surface area contributed by atoms with E-state index < -0.39 is 0 Å². The average Bonchev–Trinajstić information content (AvgIpc) is 2.06. The van der Waals surface area contributed by atoms with E-state index in [1.54, 1.807) is 7.11 Å². The van der Waals surface area contributed by atoms with Gasteiger partial charge in [-0.1, -0.05) is 0 Å². The third-order valence-electron chi connectivity index (χ3n) is 1.34. The van der Waals surface area contributed by atoms with Crippen molar-refractivity contribution in [3.63, 3.8) is 0 Å². The summed E-state index contributed by atoms with van der Waals surface area (Å²) in [7, 11) is 1.58. The summed E-state index contributed by atoms with van der Waals surface area (Å²) < 4.78 is 9.57. The smallest absolute Gasteiger partial charge is 0.305 e. The fourth-order valence-electron chi connectivity index (χ4n) is 0.692. The van der Waals surface area contributed by atoms with Gasteiger partial charge in [0.15, 0.2) is 0 Å². The highest BCUT2D eigenvalue weighted by Crippen LogP contribution is 1.98. The van der Waals surface area contributed by atoms with Crippen LogP contribution in [-0.2, 0) is 14.3 Å². The Bertz CT molecular complexity index is 105. The Hall–Kier alpha value is -0.220. The Morgan fingerprint density at radius 3 is 2.67 bits per heavy atom. The van der Waals surface area contributed by atoms with E-state index in [9.17, 15) is 4.79 Å². The Kier molecular flexibility index (Phi) is 8.71. The monoisotopic (exact) mass is 192 g/mol. The van der Waals surface area contributed by atoms with Gasteiger partial charge in [-0.3, -0.25) is 4.79 Å². The van der Waals surface area contributed by atoms with Gasteiger partial charge in [-0.05, 0) is 18.6 Å². The van der Waals surface area contributed by atoms with Gasteiger partial charge in [0, 0.05) is 13.5 Å². The minimum atomic E-state index is -0.145. The average molecular weight is 192 g/mol. The van der Waals surface area contributed by atoms with Crippen LogP contribution in [0.1, 0.15) is 19.3 Å². The molecule has 0 aliphatic heterocycles. The van der Waals surface area contributed by atoms with Gasteiger partial charge in [0.2, 0.25) is 0 Å². The van der Waals surface area contributed by atoms with E-state index in [0.717, 1.165) is 18.6 Å². The molecule has 0 atom stereocenters. The van der Waals surface area contributed by atoms with E-state index in [4.69, 9.17) is 9.47 Å². The van der Waals surface area contributed by atoms with Gasteiger partial charge in [0.05, 0.1) is 6.61 Å². The largest absolute Gasteiger partial charge is 0.463 e. The van der Waals surface area contributed by atoms with Crippen molar-refractivity contribution in [1.82, 2.24) is 0 Å². The standard InChI is InChI=1S/C8H16O3S/c1-10-5-6-11-8(9)4-2-3-7-12/h12H,2-7H2,1H3. The molecule has 0 saturated heterocycles. The molecule has 0 aromatic rings. The number of unbranched alkanes of at least 4 members (excludes halogenated alkanes) is 1. The molecule has 3 nitrogen and oxygen atoms in total. The number of hydrogen-bond acceptors (Lipinski definition) is 4. The molecule has 0 rings (SSSR count). The molecule has 0 radical (unpaired) electrons. The number of rotatable bonds is 7. The molecule has 4 heteroatoms. The lowest BCUT2D eigenvalue weighted by atomic mass is 10.2. The van der Waals surface area contributed by atoms with Crippen LogP contribution >= 0.6 is 12.6 Å². The maximum atomic E-state index is 10.9. The van der Waals surface area contributed by atoms with Gasteiger partial charge in [-0.25, -0.2) is 0 Å². The number of carbonyl (C=O) groups is 1. The van der Waals surface area contributed by atoms with E-state index >= 15 is 0 Å². The Labute approximate surface area is 78.8 Å². The Balaban J connectivity index is 3.10. The van der Waals surface area contributed by atoms with Crippen LogP contribution < -0.4 is 0 Å². The van der Waals surface area contributed by atoms with Crippen LogP contribution in [0.5, 0.6) is 0 Å². The van der Waals surface area contributed by atoms with Gasteiger partial charge in [0.25, 0.3) is 0 Å². The fourth-order valence-corrected chi connectivity index (χ4v) is 0.916. The van der Waals surface area contributed by atoms with E-state index in [1.807, 2.05) is 0 Å². The minimum absolute atomic E-state index is 0.145. The fraction of sp³-hybridized carbons (Fsp3) is 0.875. The van der Waals surface area contributed by atoms with Crippen molar-refractivity contribution >= 4 is 18.6 Å². The van der Waals surface area contributed by atoms with E-state index in [0.29, 0.717) is 19.6 Å². The predicted octanol–water partition coefficient (Wildman–Crippen LogP) is 1.28. The Morgan fingerprint density at radius 1 is 1.33 bits per heavy atom. The quantitative estimate of drug-likeness (QED) is 0.375. The van der Waals surface area contributed by atoms with Gasteiger partial charge < -0.3 is 9.47 Å². The topological polar surface area (TPSA) is 35.5 Å². The van der Waals surface area contributed by atoms with Crippen LogP contribution in [0.25, 0.3) is 0 Å². The molecule has 0 unspecified atom stereocenters. The molecule has 72 valence electrons. The van der Waals surface area contributed by atoms with E-state index in [2.05, 4.69) is 12.6 Å². The highest BCUT2D eigenvalue weighted by Gasteiger charge is 2.00. The molecule has 12 heavy (non-hydrogen) atoms. The first-order valence-electron chi connectivity index (χ1n) is 4.06. The zero-order valence-corrected chi connectivity index (χ0v) is 8.31. The second kappa shape index (κ2) is 8.87. The molecule has 0 fully saturated rings. The number of thiol groups is 1. The van der Waals surface area contributed by atoms with Crippen molar-refractivity contribution in [3.05, 3.63) is 0 Å². The van der Waals surface area contributed by atoms with Crippen LogP contribution in [0.4, 0.5) is 0 Å². The number of ether oxygens (including phenoxy) is 2. The summed E-state index contributed by atoms with van der Waals surface area (Å²) in [5.74, 6) is 0.680. The number of carbonyl (C=O) groups excluding carboxylic acids is 1. The van der Waals surface area contributed by atoms with Crippen molar-refractivity contribution in [1.29, 1.82) is 0 Å². The minimum Gasteiger partial charge on any atom is -0.463 e. The van der Waals surface area contributed by atoms with Crippen LogP contribution in [0, 0.1) is 0 Å². The van der Waals surface area contributed by atoms with E-state index in [1.165, 1.54) is 0 Å². The Morgan fingerprint density at radius 2 is 2.08 bits per heavy atom. The lowest BCUT2D eigenvalue weighted by molar-refractivity contribution is -0.145. The highest BCUT2D eigenvalue weighted by atomic mass is 32.1. The summed E-state index contributed by atoms with van der Waals surface area (Å²) in [6, 6.07) is 0. The third kappa shape index (κ3) is 7.88. The molecule has 0 aromatic carbocycles. The number of methoxy groups -OCH3 is 1. The molecule has 0 aliphatic carbocycles. The van der Waals surface area contributed by atoms with Crippen molar-refractivity contribution in [2.45, 2.75) is 19.3 Å². The molecule has 0 spiro atoms. The summed E-state index contributed by atoms with van der Waals surface area (Å²) in [5.41, 5.74) is 0.